The first kappa shape index (κ1) is 27.7. The molecule has 40 heavy (non-hydrogen) atoms. The van der Waals surface area contributed by atoms with E-state index in [0.717, 1.165) is 27.4 Å². The van der Waals surface area contributed by atoms with E-state index in [1.807, 2.05) is 36.4 Å². The maximum absolute atomic E-state index is 13.4. The van der Waals surface area contributed by atoms with E-state index < -0.39 is 0 Å². The second-order valence-electron chi connectivity index (χ2n) is 9.58. The first-order valence-corrected chi connectivity index (χ1v) is 15.5. The van der Waals surface area contributed by atoms with Crippen molar-refractivity contribution >= 4 is 41.9 Å². The maximum atomic E-state index is 13.4. The van der Waals surface area contributed by atoms with Gasteiger partial charge in [-0.25, -0.2) is 14.4 Å². The van der Waals surface area contributed by atoms with Crippen LogP contribution in [-0.4, -0.2) is 40.8 Å². The fourth-order valence-corrected chi connectivity index (χ4v) is 4.97. The molecule has 0 unspecified atom stereocenters. The molecular formula is C30H28ClFN4O3P+. The highest BCUT2D eigenvalue weighted by molar-refractivity contribution is 7.55. The number of fused-ring (bicyclic) bond motifs is 1. The monoisotopic (exact) mass is 577 g/mol. The Morgan fingerprint density at radius 2 is 1.93 bits per heavy atom. The second-order valence-corrected chi connectivity index (χ2v) is 12.6. The molecule has 0 amide bonds. The topological polar surface area (TPSA) is 80.3 Å². The Morgan fingerprint density at radius 1 is 1.05 bits per heavy atom. The van der Waals surface area contributed by atoms with Crippen LogP contribution < -0.4 is 10.1 Å². The molecule has 0 aliphatic rings. The zero-order valence-electron chi connectivity index (χ0n) is 22.1. The minimum Gasteiger partial charge on any atom is -0.487 e. The van der Waals surface area contributed by atoms with Crippen LogP contribution in [0.4, 0.5) is 15.9 Å². The zero-order chi connectivity index (χ0) is 28.1. The van der Waals surface area contributed by atoms with Crippen molar-refractivity contribution in [1.82, 2.24) is 9.97 Å². The van der Waals surface area contributed by atoms with Gasteiger partial charge in [-0.15, -0.1) is 7.92 Å². The first-order valence-electron chi connectivity index (χ1n) is 12.7. The number of rotatable bonds is 11. The molecule has 0 saturated carbocycles. The lowest BCUT2D eigenvalue weighted by Gasteiger charge is -2.12. The summed E-state index contributed by atoms with van der Waals surface area (Å²) in [7, 11) is -0.108. The summed E-state index contributed by atoms with van der Waals surface area (Å²) in [5, 5.41) is 4.52. The summed E-state index contributed by atoms with van der Waals surface area (Å²) in [5.41, 5.74) is 3.03. The molecule has 0 saturated heterocycles. The average molecular weight is 578 g/mol. The molecule has 10 heteroatoms. The Balaban J connectivity index is 1.31. The number of aromatic nitrogens is 2. The fourth-order valence-electron chi connectivity index (χ4n) is 4.11. The summed E-state index contributed by atoms with van der Waals surface area (Å²) in [5.74, 6) is 2.06. The van der Waals surface area contributed by atoms with Crippen molar-refractivity contribution in [3.63, 3.8) is 0 Å². The molecule has 0 aliphatic carbocycles. The first-order chi connectivity index (χ1) is 19.3. The van der Waals surface area contributed by atoms with Gasteiger partial charge in [0.05, 0.1) is 10.5 Å². The van der Waals surface area contributed by atoms with Gasteiger partial charge in [0, 0.05) is 32.5 Å². The van der Waals surface area contributed by atoms with Crippen molar-refractivity contribution in [3.8, 4) is 17.1 Å². The van der Waals surface area contributed by atoms with Gasteiger partial charge in [-0.3, -0.25) is 0 Å². The number of anilines is 2. The van der Waals surface area contributed by atoms with Crippen molar-refractivity contribution in [3.05, 3.63) is 106 Å². The van der Waals surface area contributed by atoms with Crippen molar-refractivity contribution in [2.24, 2.45) is 0 Å². The van der Waals surface area contributed by atoms with Gasteiger partial charge in [0.25, 0.3) is 0 Å². The number of hydrogen-bond acceptors (Lipinski definition) is 6. The maximum Gasteiger partial charge on any atom is 0.248 e. The van der Waals surface area contributed by atoms with Gasteiger partial charge in [-0.2, -0.15) is 0 Å². The van der Waals surface area contributed by atoms with Gasteiger partial charge < -0.3 is 14.5 Å². The van der Waals surface area contributed by atoms with E-state index in [4.69, 9.17) is 20.8 Å². The van der Waals surface area contributed by atoms with Crippen LogP contribution in [-0.2, 0) is 13.2 Å². The molecule has 5 rings (SSSR count). The van der Waals surface area contributed by atoms with Crippen molar-refractivity contribution in [2.75, 3.05) is 31.4 Å². The number of nitroso groups, excluding NO2 is 1. The lowest BCUT2D eigenvalue weighted by atomic mass is 10.1. The molecule has 7 nitrogen and oxygen atoms in total. The molecule has 0 radical (unpaired) electrons. The van der Waals surface area contributed by atoms with E-state index in [-0.39, 0.29) is 26.9 Å². The third kappa shape index (κ3) is 7.00. The van der Waals surface area contributed by atoms with Crippen molar-refractivity contribution < 1.29 is 18.3 Å². The molecule has 2 aromatic heterocycles. The molecule has 0 spiro atoms. The van der Waals surface area contributed by atoms with Crippen LogP contribution in [0.25, 0.3) is 22.2 Å². The van der Waals surface area contributed by atoms with Crippen LogP contribution in [0.15, 0.2) is 83.5 Å². The van der Waals surface area contributed by atoms with Crippen LogP contribution >= 0.6 is 19.5 Å². The van der Waals surface area contributed by atoms with E-state index in [2.05, 4.69) is 28.6 Å². The number of benzene rings is 3. The van der Waals surface area contributed by atoms with Gasteiger partial charge in [-0.05, 0) is 79.6 Å². The quantitative estimate of drug-likeness (QED) is 0.126. The molecule has 0 atom stereocenters. The van der Waals surface area contributed by atoms with Crippen LogP contribution in [0.2, 0.25) is 5.02 Å². The Morgan fingerprint density at radius 3 is 2.73 bits per heavy atom. The van der Waals surface area contributed by atoms with Gasteiger partial charge >= 0.3 is 0 Å². The zero-order valence-corrected chi connectivity index (χ0v) is 23.8. The Hall–Kier alpha value is -3.87. The molecule has 0 fully saturated rings. The minimum atomic E-state index is -0.314. The van der Waals surface area contributed by atoms with Crippen LogP contribution in [0.1, 0.15) is 11.3 Å². The number of nitrogens with zero attached hydrogens (tertiary/aromatic N) is 3. The summed E-state index contributed by atoms with van der Waals surface area (Å²) in [6.45, 7) is 5.24. The lowest BCUT2D eigenvalue weighted by Crippen LogP contribution is -2.11. The molecule has 204 valence electrons. The number of halogens is 2. The number of nitrogens with one attached hydrogen (secondary N) is 1. The van der Waals surface area contributed by atoms with Crippen LogP contribution in [0.5, 0.6) is 5.75 Å². The van der Waals surface area contributed by atoms with Crippen LogP contribution in [0.3, 0.4) is 0 Å². The van der Waals surface area contributed by atoms with Crippen LogP contribution in [0, 0.1) is 10.7 Å². The molecule has 2 heterocycles. The summed E-state index contributed by atoms with van der Waals surface area (Å²) < 4.78 is 26.3. The Kier molecular flexibility index (Phi) is 8.68. The number of hydrogen-bond donors (Lipinski definition) is 1. The average Bonchev–Trinajstić information content (AvgIpc) is 3.40. The predicted octanol–water partition coefficient (Wildman–Crippen LogP) is 8.03. The van der Waals surface area contributed by atoms with E-state index in [1.54, 1.807) is 24.3 Å². The molecular weight excluding hydrogens is 550 g/mol. The highest BCUT2D eigenvalue weighted by atomic mass is 35.5. The Bertz CT molecular complexity index is 1660. The summed E-state index contributed by atoms with van der Waals surface area (Å²) in [6.07, 6.45) is 2.40. The third-order valence-electron chi connectivity index (χ3n) is 6.19. The summed E-state index contributed by atoms with van der Waals surface area (Å²) in [6, 6.07) is 21.1. The molecule has 1 N–H and O–H groups in total. The van der Waals surface area contributed by atoms with Gasteiger partial charge in [0.2, 0.25) is 6.54 Å². The van der Waals surface area contributed by atoms with E-state index in [0.29, 0.717) is 45.9 Å². The van der Waals surface area contributed by atoms with Crippen molar-refractivity contribution in [2.45, 2.75) is 13.2 Å². The fraction of sp³-hybridized carbons (Fsp3) is 0.200. The lowest BCUT2D eigenvalue weighted by molar-refractivity contribution is -0.562. The third-order valence-corrected chi connectivity index (χ3v) is 7.58. The van der Waals surface area contributed by atoms with E-state index in [9.17, 15) is 9.30 Å². The predicted molar refractivity (Wildman–Crippen MR) is 159 cm³/mol. The Labute approximate surface area is 237 Å². The molecule has 3 aromatic carbocycles. The summed E-state index contributed by atoms with van der Waals surface area (Å²) >= 11 is 6.48. The van der Waals surface area contributed by atoms with Gasteiger partial charge in [-0.1, -0.05) is 23.7 Å². The molecule has 0 bridgehead atoms. The summed E-state index contributed by atoms with van der Waals surface area (Å²) in [4.78, 5) is 21.1. The largest absolute Gasteiger partial charge is 0.487 e. The van der Waals surface area contributed by atoms with Gasteiger partial charge in [0.15, 0.2) is 12.3 Å². The SMILES string of the molecule is CP(C)CC[N+](=O)Cc1ccc(-c2ccc3ncnc(Nc4ccc(OCc5cccc(F)c5)c(Cl)c4)c3c2)o1. The normalized spacial score (nSPS) is 11.2. The molecule has 0 aliphatic heterocycles. The standard InChI is InChI=1S/C30H28ClFN4O3P/c1-40(2)13-12-36(37)17-24-8-11-28(39-24)21-6-9-27-25(15-21)30(34-19-33-27)35-23-7-10-29(26(31)16-23)38-18-20-4-3-5-22(32)14-20/h3-11,14-16,19H,12-13,17-18H2,1-2H3,(H,33,34,35)/q+1. The second kappa shape index (κ2) is 12.5. The highest BCUT2D eigenvalue weighted by Gasteiger charge is 2.16. The van der Waals surface area contributed by atoms with E-state index in [1.165, 1.54) is 18.5 Å². The van der Waals surface area contributed by atoms with Gasteiger partial charge in [0.1, 0.15) is 36.1 Å². The number of furan rings is 1. The van der Waals surface area contributed by atoms with Crippen molar-refractivity contribution in [1.29, 1.82) is 0 Å². The number of ether oxygens (including phenoxy) is 1. The minimum absolute atomic E-state index is 0.108. The molecule has 5 aromatic rings. The smallest absolute Gasteiger partial charge is 0.248 e. The van der Waals surface area contributed by atoms with E-state index >= 15 is 0 Å². The highest BCUT2D eigenvalue weighted by Crippen LogP contribution is 2.33.